The molecule has 0 bridgehead atoms. The third-order valence-electron chi connectivity index (χ3n) is 7.04. The molecular formula is C19H36O2. The molecule has 0 aromatic carbocycles. The van der Waals surface area contributed by atoms with Crippen molar-refractivity contribution >= 4 is 0 Å². The zero-order chi connectivity index (χ0) is 15.6. The average molecular weight is 296 g/mol. The van der Waals surface area contributed by atoms with Gasteiger partial charge in [-0.25, -0.2) is 0 Å². The van der Waals surface area contributed by atoms with E-state index < -0.39 is 0 Å². The van der Waals surface area contributed by atoms with Gasteiger partial charge < -0.3 is 10.2 Å². The quantitative estimate of drug-likeness (QED) is 0.808. The molecule has 2 saturated carbocycles. The molecule has 2 aliphatic carbocycles. The summed E-state index contributed by atoms with van der Waals surface area (Å²) < 4.78 is 0. The summed E-state index contributed by atoms with van der Waals surface area (Å²) >= 11 is 0. The third kappa shape index (κ3) is 3.64. The molecule has 2 rings (SSSR count). The summed E-state index contributed by atoms with van der Waals surface area (Å²) in [5.74, 6) is 2.48. The number of rotatable bonds is 4. The van der Waals surface area contributed by atoms with Crippen LogP contribution in [0.3, 0.4) is 0 Å². The van der Waals surface area contributed by atoms with Crippen LogP contribution in [0.15, 0.2) is 0 Å². The largest absolute Gasteiger partial charge is 0.393 e. The maximum absolute atomic E-state index is 10.1. The fourth-order valence-electron chi connectivity index (χ4n) is 5.06. The lowest BCUT2D eigenvalue weighted by molar-refractivity contribution is -0.0406. The maximum atomic E-state index is 10.1. The van der Waals surface area contributed by atoms with Gasteiger partial charge >= 0.3 is 0 Å². The van der Waals surface area contributed by atoms with Crippen LogP contribution in [0.2, 0.25) is 0 Å². The van der Waals surface area contributed by atoms with E-state index in [1.54, 1.807) is 0 Å². The van der Waals surface area contributed by atoms with E-state index in [-0.39, 0.29) is 12.2 Å². The molecular weight excluding hydrogens is 260 g/mol. The summed E-state index contributed by atoms with van der Waals surface area (Å²) in [4.78, 5) is 0. The van der Waals surface area contributed by atoms with Crippen molar-refractivity contribution in [3.8, 4) is 0 Å². The topological polar surface area (TPSA) is 40.5 Å². The number of hydrogen-bond acceptors (Lipinski definition) is 2. The molecule has 0 aromatic heterocycles. The minimum absolute atomic E-state index is 0.0707. The summed E-state index contributed by atoms with van der Waals surface area (Å²) in [7, 11) is 0. The molecule has 2 N–H and O–H groups in total. The maximum Gasteiger partial charge on any atom is 0.0568 e. The first-order chi connectivity index (χ1) is 9.90. The molecule has 2 heteroatoms. The number of hydrogen-bond donors (Lipinski definition) is 2. The monoisotopic (exact) mass is 296 g/mol. The molecule has 0 amide bonds. The molecule has 21 heavy (non-hydrogen) atoms. The van der Waals surface area contributed by atoms with Gasteiger partial charge in [-0.2, -0.15) is 0 Å². The summed E-state index contributed by atoms with van der Waals surface area (Å²) in [6, 6.07) is 0. The van der Waals surface area contributed by atoms with Crippen LogP contribution < -0.4 is 0 Å². The summed E-state index contributed by atoms with van der Waals surface area (Å²) in [6.07, 6.45) is 8.79. The molecule has 0 heterocycles. The highest BCUT2D eigenvalue weighted by Crippen LogP contribution is 2.51. The Hall–Kier alpha value is -0.0800. The Morgan fingerprint density at radius 1 is 0.762 bits per heavy atom. The second-order valence-corrected chi connectivity index (χ2v) is 8.31. The Kier molecular flexibility index (Phi) is 5.76. The van der Waals surface area contributed by atoms with Crippen LogP contribution >= 0.6 is 0 Å². The standard InChI is InChI=1S/C19H36O2/c1-5-13-11-15(7-9-17(13)20)19(3,4)16-8-10-18(21)14(6-2)12-16/h13-18,20-21H,5-12H2,1-4H3. The van der Waals surface area contributed by atoms with Crippen LogP contribution in [-0.4, -0.2) is 22.4 Å². The molecule has 0 saturated heterocycles. The van der Waals surface area contributed by atoms with Gasteiger partial charge in [-0.05, 0) is 67.6 Å². The number of aliphatic hydroxyl groups excluding tert-OH is 2. The highest BCUT2D eigenvalue weighted by molar-refractivity contribution is 4.94. The van der Waals surface area contributed by atoms with Crippen molar-refractivity contribution in [1.82, 2.24) is 0 Å². The minimum Gasteiger partial charge on any atom is -0.393 e. The molecule has 2 nitrogen and oxygen atoms in total. The van der Waals surface area contributed by atoms with Crippen LogP contribution in [-0.2, 0) is 0 Å². The normalized spacial score (nSPS) is 42.0. The second-order valence-electron chi connectivity index (χ2n) is 8.31. The Balaban J connectivity index is 2.03. The SMILES string of the molecule is CCC1CC(C(C)(C)C2CCC(O)C(CC)C2)CCC1O. The number of aliphatic hydroxyl groups is 2. The third-order valence-corrected chi connectivity index (χ3v) is 7.04. The van der Waals surface area contributed by atoms with Gasteiger partial charge in [0.15, 0.2) is 0 Å². The molecule has 2 fully saturated rings. The second kappa shape index (κ2) is 7.00. The summed E-state index contributed by atoms with van der Waals surface area (Å²) in [5.41, 5.74) is 0.348. The fraction of sp³-hybridized carbons (Fsp3) is 1.00. The molecule has 124 valence electrons. The Bertz CT molecular complexity index is 296. The van der Waals surface area contributed by atoms with Crippen LogP contribution in [0.4, 0.5) is 0 Å². The van der Waals surface area contributed by atoms with E-state index in [0.29, 0.717) is 17.3 Å². The van der Waals surface area contributed by atoms with Crippen LogP contribution in [0, 0.1) is 29.1 Å². The smallest absolute Gasteiger partial charge is 0.0568 e. The molecule has 6 atom stereocenters. The Morgan fingerprint density at radius 2 is 1.14 bits per heavy atom. The fourth-order valence-corrected chi connectivity index (χ4v) is 5.06. The zero-order valence-corrected chi connectivity index (χ0v) is 14.5. The Morgan fingerprint density at radius 3 is 1.48 bits per heavy atom. The van der Waals surface area contributed by atoms with E-state index in [1.807, 2.05) is 0 Å². The zero-order valence-electron chi connectivity index (χ0n) is 14.5. The van der Waals surface area contributed by atoms with Gasteiger partial charge in [0, 0.05) is 0 Å². The van der Waals surface area contributed by atoms with E-state index >= 15 is 0 Å². The van der Waals surface area contributed by atoms with E-state index in [4.69, 9.17) is 0 Å². The van der Waals surface area contributed by atoms with Crippen molar-refractivity contribution in [3.63, 3.8) is 0 Å². The summed E-state index contributed by atoms with van der Waals surface area (Å²) in [5, 5.41) is 20.3. The minimum atomic E-state index is -0.0707. The highest BCUT2D eigenvalue weighted by atomic mass is 16.3. The first-order valence-electron chi connectivity index (χ1n) is 9.26. The van der Waals surface area contributed by atoms with Gasteiger partial charge in [0.05, 0.1) is 12.2 Å². The van der Waals surface area contributed by atoms with Gasteiger partial charge in [0.1, 0.15) is 0 Å². The van der Waals surface area contributed by atoms with E-state index in [2.05, 4.69) is 27.7 Å². The van der Waals surface area contributed by atoms with Crippen molar-refractivity contribution in [3.05, 3.63) is 0 Å². The van der Waals surface area contributed by atoms with E-state index in [1.165, 1.54) is 25.7 Å². The predicted molar refractivity (Wildman–Crippen MR) is 88.0 cm³/mol. The van der Waals surface area contributed by atoms with Gasteiger partial charge in [-0.1, -0.05) is 40.5 Å². The first-order valence-corrected chi connectivity index (χ1v) is 9.26. The lowest BCUT2D eigenvalue weighted by atomic mass is 9.57. The first kappa shape index (κ1) is 17.3. The van der Waals surface area contributed by atoms with E-state index in [9.17, 15) is 10.2 Å². The van der Waals surface area contributed by atoms with Gasteiger partial charge in [0.2, 0.25) is 0 Å². The molecule has 0 aromatic rings. The average Bonchev–Trinajstić information content (AvgIpc) is 2.47. The van der Waals surface area contributed by atoms with Crippen LogP contribution in [0.25, 0.3) is 0 Å². The molecule has 2 aliphatic rings. The summed E-state index contributed by atoms with van der Waals surface area (Å²) in [6.45, 7) is 9.34. The van der Waals surface area contributed by atoms with Crippen molar-refractivity contribution < 1.29 is 10.2 Å². The highest BCUT2D eigenvalue weighted by Gasteiger charge is 2.43. The lowest BCUT2D eigenvalue weighted by Crippen LogP contribution is -2.43. The molecule has 0 aliphatic heterocycles. The molecule has 6 unspecified atom stereocenters. The molecule has 0 spiro atoms. The van der Waals surface area contributed by atoms with Crippen LogP contribution in [0.1, 0.15) is 79.1 Å². The van der Waals surface area contributed by atoms with Gasteiger partial charge in [-0.3, -0.25) is 0 Å². The van der Waals surface area contributed by atoms with Gasteiger partial charge in [0.25, 0.3) is 0 Å². The Labute approximate surface area is 131 Å². The lowest BCUT2D eigenvalue weighted by Gasteiger charge is -2.49. The van der Waals surface area contributed by atoms with E-state index in [0.717, 1.165) is 37.5 Å². The predicted octanol–water partition coefficient (Wildman–Crippen LogP) is 4.39. The van der Waals surface area contributed by atoms with Crippen LogP contribution in [0.5, 0.6) is 0 Å². The van der Waals surface area contributed by atoms with Crippen molar-refractivity contribution in [2.24, 2.45) is 29.1 Å². The van der Waals surface area contributed by atoms with Crippen molar-refractivity contribution in [2.75, 3.05) is 0 Å². The van der Waals surface area contributed by atoms with Crippen molar-refractivity contribution in [2.45, 2.75) is 91.3 Å². The van der Waals surface area contributed by atoms with Gasteiger partial charge in [-0.15, -0.1) is 0 Å². The molecule has 0 radical (unpaired) electrons. The van der Waals surface area contributed by atoms with Crippen molar-refractivity contribution in [1.29, 1.82) is 0 Å².